The Morgan fingerprint density at radius 2 is 1.77 bits per heavy atom. The van der Waals surface area contributed by atoms with Crippen LogP contribution >= 0.6 is 34.8 Å². The third-order valence-electron chi connectivity index (χ3n) is 3.50. The number of aryl methyl sites for hydroxylation is 1. The van der Waals surface area contributed by atoms with E-state index in [1.165, 1.54) is 0 Å². The van der Waals surface area contributed by atoms with E-state index in [9.17, 15) is 9.59 Å². The van der Waals surface area contributed by atoms with Crippen LogP contribution in [0.1, 0.15) is 40.1 Å². The first-order chi connectivity index (χ1) is 12.3. The molecule has 2 aromatic rings. The number of carbonyl (C=O) groups excluding carboxylic acids is 2. The summed E-state index contributed by atoms with van der Waals surface area (Å²) in [4.78, 5) is 24.6. The molecule has 5 nitrogen and oxygen atoms in total. The monoisotopic (exact) mass is 481 g/mol. The fourth-order valence-corrected chi connectivity index (χ4v) is 2.91. The molecule has 0 saturated carbocycles. The number of para-hydroxylation sites is 1. The third kappa shape index (κ3) is 5.50. The molecule has 0 spiro atoms. The molecule has 0 fully saturated rings. The molecule has 0 atom stereocenters. The van der Waals surface area contributed by atoms with Gasteiger partial charge in [0.1, 0.15) is 0 Å². The lowest BCUT2D eigenvalue weighted by Crippen LogP contribution is -2.35. The van der Waals surface area contributed by atoms with Crippen LogP contribution < -0.4 is 16.0 Å². The molecule has 3 N–H and O–H groups in total. The van der Waals surface area contributed by atoms with Crippen molar-refractivity contribution in [3.05, 3.63) is 62.7 Å². The molecule has 0 saturated heterocycles. The van der Waals surface area contributed by atoms with Crippen molar-refractivity contribution < 1.29 is 9.59 Å². The summed E-state index contributed by atoms with van der Waals surface area (Å²) in [6.07, 6.45) is 0. The normalized spacial score (nSPS) is 10.3. The smallest absolute Gasteiger partial charge is 0.257 e. The zero-order valence-electron chi connectivity index (χ0n) is 14.7. The Balaban J connectivity index is 2.09. The summed E-state index contributed by atoms with van der Waals surface area (Å²) in [6, 6.07) is 12.5. The molecule has 0 heterocycles. The van der Waals surface area contributed by atoms with Crippen molar-refractivity contribution >= 4 is 57.4 Å². The Bertz CT molecular complexity index is 852. The summed E-state index contributed by atoms with van der Waals surface area (Å²) >= 11 is 7.41. The predicted octanol–water partition coefficient (Wildman–Crippen LogP) is 3.86. The second-order valence-electron chi connectivity index (χ2n) is 6.05. The minimum atomic E-state index is -0.301. The van der Waals surface area contributed by atoms with E-state index in [1.54, 1.807) is 36.4 Å². The average molecular weight is 481 g/mol. The number of nitrogens with one attached hydrogen (secondary N) is 3. The van der Waals surface area contributed by atoms with E-state index >= 15 is 0 Å². The molecule has 0 aliphatic carbocycles. The van der Waals surface area contributed by atoms with E-state index in [1.807, 2.05) is 26.8 Å². The molecule has 2 aromatic carbocycles. The van der Waals surface area contributed by atoms with Crippen molar-refractivity contribution in [3.8, 4) is 0 Å². The number of benzene rings is 2. The number of amides is 2. The highest BCUT2D eigenvalue weighted by atomic mass is 127. The largest absolute Gasteiger partial charge is 0.350 e. The first-order valence-corrected chi connectivity index (χ1v) is 9.55. The lowest BCUT2D eigenvalue weighted by molar-refractivity contribution is 0.0942. The maximum Gasteiger partial charge on any atom is 0.257 e. The van der Waals surface area contributed by atoms with E-state index < -0.39 is 0 Å². The lowest BCUT2D eigenvalue weighted by Gasteiger charge is -2.15. The highest BCUT2D eigenvalue weighted by Crippen LogP contribution is 2.16. The van der Waals surface area contributed by atoms with E-state index in [0.717, 1.165) is 9.13 Å². The number of hydrogen-bond acceptors (Lipinski definition) is 3. The Morgan fingerprint density at radius 1 is 1.08 bits per heavy atom. The predicted molar refractivity (Wildman–Crippen MR) is 117 cm³/mol. The molecular formula is C19H20IN3O2S. The fraction of sp³-hybridized carbons (Fsp3) is 0.211. The summed E-state index contributed by atoms with van der Waals surface area (Å²) < 4.78 is 1.00. The van der Waals surface area contributed by atoms with Crippen molar-refractivity contribution in [1.29, 1.82) is 0 Å². The molecule has 0 aromatic heterocycles. The van der Waals surface area contributed by atoms with Crippen LogP contribution in [0.2, 0.25) is 0 Å². The number of rotatable bonds is 4. The zero-order chi connectivity index (χ0) is 19.3. The lowest BCUT2D eigenvalue weighted by atomic mass is 10.1. The molecule has 0 bridgehead atoms. The standard InChI is InChI=1S/C19H20IN3O2S/c1-11(2)21-18(25)14-6-4-5-7-16(14)22-19(26)23-17(24)13-9-8-12(3)15(20)10-13/h4-11H,1-3H3,(H,21,25)(H2,22,23,24,26). The Labute approximate surface area is 172 Å². The van der Waals surface area contributed by atoms with Gasteiger partial charge in [-0.15, -0.1) is 0 Å². The molecule has 2 amide bonds. The molecule has 7 heteroatoms. The van der Waals surface area contributed by atoms with Gasteiger partial charge in [0.2, 0.25) is 0 Å². The van der Waals surface area contributed by atoms with Gasteiger partial charge < -0.3 is 10.6 Å². The number of hydrogen-bond donors (Lipinski definition) is 3. The topological polar surface area (TPSA) is 70.2 Å². The number of anilines is 1. The molecular weight excluding hydrogens is 461 g/mol. The minimum absolute atomic E-state index is 0.0196. The van der Waals surface area contributed by atoms with Gasteiger partial charge >= 0.3 is 0 Å². The van der Waals surface area contributed by atoms with Crippen LogP contribution in [-0.4, -0.2) is 23.0 Å². The van der Waals surface area contributed by atoms with Gasteiger partial charge in [-0.05, 0) is 85.4 Å². The highest BCUT2D eigenvalue weighted by molar-refractivity contribution is 14.1. The van der Waals surface area contributed by atoms with E-state index in [2.05, 4.69) is 38.5 Å². The summed E-state index contributed by atoms with van der Waals surface area (Å²) in [7, 11) is 0. The van der Waals surface area contributed by atoms with Crippen LogP contribution in [0, 0.1) is 10.5 Å². The quantitative estimate of drug-likeness (QED) is 0.458. The van der Waals surface area contributed by atoms with Gasteiger partial charge in [0.05, 0.1) is 11.3 Å². The van der Waals surface area contributed by atoms with Gasteiger partial charge in [-0.2, -0.15) is 0 Å². The van der Waals surface area contributed by atoms with Crippen molar-refractivity contribution in [2.45, 2.75) is 26.8 Å². The maximum absolute atomic E-state index is 12.4. The number of thiocarbonyl (C=S) groups is 1. The van der Waals surface area contributed by atoms with Crippen molar-refractivity contribution in [1.82, 2.24) is 10.6 Å². The summed E-state index contributed by atoms with van der Waals surface area (Å²) in [5, 5.41) is 8.55. The fourth-order valence-electron chi connectivity index (χ4n) is 2.19. The van der Waals surface area contributed by atoms with Crippen LogP contribution in [-0.2, 0) is 0 Å². The van der Waals surface area contributed by atoms with Crippen molar-refractivity contribution in [3.63, 3.8) is 0 Å². The van der Waals surface area contributed by atoms with Crippen molar-refractivity contribution in [2.24, 2.45) is 0 Å². The molecule has 136 valence electrons. The van der Waals surface area contributed by atoms with Gasteiger partial charge in [0, 0.05) is 15.2 Å². The maximum atomic E-state index is 12.4. The van der Waals surface area contributed by atoms with Gasteiger partial charge in [0.25, 0.3) is 11.8 Å². The molecule has 0 radical (unpaired) electrons. The van der Waals surface area contributed by atoms with Crippen LogP contribution in [0.25, 0.3) is 0 Å². The minimum Gasteiger partial charge on any atom is -0.350 e. The van der Waals surface area contributed by atoms with Crippen LogP contribution in [0.3, 0.4) is 0 Å². The highest BCUT2D eigenvalue weighted by Gasteiger charge is 2.14. The van der Waals surface area contributed by atoms with E-state index in [4.69, 9.17) is 12.2 Å². The second kappa shape index (κ2) is 9.09. The zero-order valence-corrected chi connectivity index (χ0v) is 17.7. The molecule has 0 aliphatic heterocycles. The summed E-state index contributed by atoms with van der Waals surface area (Å²) in [5.74, 6) is -0.505. The van der Waals surface area contributed by atoms with Gasteiger partial charge in [-0.25, -0.2) is 0 Å². The summed E-state index contributed by atoms with van der Waals surface area (Å²) in [6.45, 7) is 5.76. The first-order valence-electron chi connectivity index (χ1n) is 8.06. The van der Waals surface area contributed by atoms with Gasteiger partial charge in [-0.3, -0.25) is 14.9 Å². The SMILES string of the molecule is Cc1ccc(C(=O)NC(=S)Nc2ccccc2C(=O)NC(C)C)cc1I. The van der Waals surface area contributed by atoms with Gasteiger partial charge in [0.15, 0.2) is 5.11 Å². The van der Waals surface area contributed by atoms with Crippen molar-refractivity contribution in [2.75, 3.05) is 5.32 Å². The number of carbonyl (C=O) groups is 2. The Hall–Kier alpha value is -2.00. The second-order valence-corrected chi connectivity index (χ2v) is 7.62. The van der Waals surface area contributed by atoms with Crippen LogP contribution in [0.5, 0.6) is 0 Å². The molecule has 0 aliphatic rings. The molecule has 0 unspecified atom stereocenters. The van der Waals surface area contributed by atoms with E-state index in [-0.39, 0.29) is 23.0 Å². The first kappa shape index (κ1) is 20.3. The summed E-state index contributed by atoms with van der Waals surface area (Å²) in [5.41, 5.74) is 2.63. The van der Waals surface area contributed by atoms with Crippen LogP contribution in [0.15, 0.2) is 42.5 Å². The Morgan fingerprint density at radius 3 is 2.42 bits per heavy atom. The molecule has 2 rings (SSSR count). The van der Waals surface area contributed by atoms with Crippen LogP contribution in [0.4, 0.5) is 5.69 Å². The number of halogens is 1. The third-order valence-corrected chi connectivity index (χ3v) is 4.87. The Kier molecular flexibility index (Phi) is 7.10. The van der Waals surface area contributed by atoms with E-state index in [0.29, 0.717) is 16.8 Å². The average Bonchev–Trinajstić information content (AvgIpc) is 2.57. The molecule has 26 heavy (non-hydrogen) atoms. The van der Waals surface area contributed by atoms with Gasteiger partial charge in [-0.1, -0.05) is 18.2 Å².